The van der Waals surface area contributed by atoms with Crippen molar-refractivity contribution in [1.29, 1.82) is 0 Å². The number of ether oxygens (including phenoxy) is 2. The highest BCUT2D eigenvalue weighted by atomic mass is 16.5. The molecule has 0 radical (unpaired) electrons. The summed E-state index contributed by atoms with van der Waals surface area (Å²) in [5.74, 6) is 0.104. The maximum Gasteiger partial charge on any atom is 0.361 e. The molecule has 88 valence electrons. The highest BCUT2D eigenvalue weighted by molar-refractivity contribution is 5.89. The zero-order chi connectivity index (χ0) is 12.3. The van der Waals surface area contributed by atoms with Crippen LogP contribution in [0.2, 0.25) is 0 Å². The Morgan fingerprint density at radius 1 is 1.29 bits per heavy atom. The summed E-state index contributed by atoms with van der Waals surface area (Å²) < 4.78 is 9.98. The van der Waals surface area contributed by atoms with Gasteiger partial charge in [0.2, 0.25) is 5.69 Å². The normalized spacial score (nSPS) is 10.0. The molecule has 1 N–H and O–H groups in total. The van der Waals surface area contributed by atoms with Crippen LogP contribution in [0.5, 0.6) is 11.6 Å². The van der Waals surface area contributed by atoms with E-state index in [2.05, 4.69) is 20.1 Å². The number of rotatable bonds is 3. The van der Waals surface area contributed by atoms with E-state index in [1.165, 1.54) is 7.11 Å². The maximum atomic E-state index is 11.3. The first-order chi connectivity index (χ1) is 8.20. The number of methoxy groups -OCH3 is 1. The van der Waals surface area contributed by atoms with Gasteiger partial charge in [-0.25, -0.2) is 9.89 Å². The summed E-state index contributed by atoms with van der Waals surface area (Å²) in [5, 5.41) is 9.61. The van der Waals surface area contributed by atoms with Crippen LogP contribution in [0.3, 0.4) is 0 Å². The summed E-state index contributed by atoms with van der Waals surface area (Å²) in [4.78, 5) is 11.3. The van der Waals surface area contributed by atoms with E-state index in [4.69, 9.17) is 4.74 Å². The molecule has 0 amide bonds. The Hall–Kier alpha value is -2.37. The number of hydrogen-bond acceptors (Lipinski definition) is 5. The number of hydrogen-bond donors (Lipinski definition) is 1. The Morgan fingerprint density at radius 2 is 2.00 bits per heavy atom. The number of aromatic amines is 1. The number of nitrogens with zero attached hydrogens (tertiary/aromatic N) is 2. The van der Waals surface area contributed by atoms with Crippen LogP contribution in [0.1, 0.15) is 16.1 Å². The van der Waals surface area contributed by atoms with Crippen molar-refractivity contribution in [3.05, 3.63) is 35.5 Å². The minimum Gasteiger partial charge on any atom is -0.464 e. The molecule has 0 bridgehead atoms. The molecule has 0 fully saturated rings. The van der Waals surface area contributed by atoms with Crippen molar-refractivity contribution in [1.82, 2.24) is 15.4 Å². The van der Waals surface area contributed by atoms with Gasteiger partial charge >= 0.3 is 5.97 Å². The molecule has 2 aromatic rings. The molecule has 1 aromatic heterocycles. The van der Waals surface area contributed by atoms with Crippen LogP contribution in [0.15, 0.2) is 24.3 Å². The monoisotopic (exact) mass is 233 g/mol. The summed E-state index contributed by atoms with van der Waals surface area (Å²) in [6.45, 7) is 1.97. The Labute approximate surface area is 97.6 Å². The second-order valence-corrected chi connectivity index (χ2v) is 3.40. The van der Waals surface area contributed by atoms with Gasteiger partial charge in [0.1, 0.15) is 5.75 Å². The van der Waals surface area contributed by atoms with Crippen molar-refractivity contribution >= 4 is 5.97 Å². The Bertz CT molecular complexity index is 519. The first kappa shape index (κ1) is 11.1. The fourth-order valence-corrected chi connectivity index (χ4v) is 1.24. The quantitative estimate of drug-likeness (QED) is 0.816. The van der Waals surface area contributed by atoms with Gasteiger partial charge in [-0.05, 0) is 19.1 Å². The zero-order valence-electron chi connectivity index (χ0n) is 9.43. The third-order valence-electron chi connectivity index (χ3n) is 2.14. The number of aromatic nitrogens is 3. The second kappa shape index (κ2) is 4.65. The van der Waals surface area contributed by atoms with Crippen LogP contribution in [-0.2, 0) is 4.74 Å². The van der Waals surface area contributed by atoms with Crippen molar-refractivity contribution in [3.63, 3.8) is 0 Å². The SMILES string of the molecule is COC(=O)c1[nH]nnc1Oc1ccc(C)cc1. The van der Waals surface area contributed by atoms with E-state index in [9.17, 15) is 4.79 Å². The molecule has 0 aliphatic heterocycles. The lowest BCUT2D eigenvalue weighted by Crippen LogP contribution is -2.03. The number of nitrogens with one attached hydrogen (secondary N) is 1. The molecule has 1 aromatic carbocycles. The van der Waals surface area contributed by atoms with Crippen LogP contribution in [0, 0.1) is 6.92 Å². The molecule has 17 heavy (non-hydrogen) atoms. The Kier molecular flexibility index (Phi) is 3.04. The van der Waals surface area contributed by atoms with Gasteiger partial charge in [-0.1, -0.05) is 28.0 Å². The van der Waals surface area contributed by atoms with Gasteiger partial charge in [0, 0.05) is 0 Å². The lowest BCUT2D eigenvalue weighted by molar-refractivity contribution is 0.0591. The number of aryl methyl sites for hydroxylation is 1. The average Bonchev–Trinajstić information content (AvgIpc) is 2.79. The average molecular weight is 233 g/mol. The molecule has 0 atom stereocenters. The summed E-state index contributed by atoms with van der Waals surface area (Å²) in [6.07, 6.45) is 0. The summed E-state index contributed by atoms with van der Waals surface area (Å²) in [5.41, 5.74) is 1.21. The highest BCUT2D eigenvalue weighted by Gasteiger charge is 2.17. The predicted molar refractivity (Wildman–Crippen MR) is 59.0 cm³/mol. The largest absolute Gasteiger partial charge is 0.464 e. The molecule has 6 heteroatoms. The van der Waals surface area contributed by atoms with E-state index in [0.717, 1.165) is 5.56 Å². The van der Waals surface area contributed by atoms with Gasteiger partial charge in [0.25, 0.3) is 5.88 Å². The molecule has 0 aliphatic rings. The van der Waals surface area contributed by atoms with Crippen LogP contribution < -0.4 is 4.74 Å². The lowest BCUT2D eigenvalue weighted by atomic mass is 10.2. The highest BCUT2D eigenvalue weighted by Crippen LogP contribution is 2.21. The maximum absolute atomic E-state index is 11.3. The van der Waals surface area contributed by atoms with Gasteiger partial charge in [-0.2, -0.15) is 0 Å². The van der Waals surface area contributed by atoms with Crippen LogP contribution in [0.25, 0.3) is 0 Å². The molecule has 0 saturated heterocycles. The molecule has 0 spiro atoms. The fraction of sp³-hybridized carbons (Fsp3) is 0.182. The number of benzene rings is 1. The molecule has 6 nitrogen and oxygen atoms in total. The predicted octanol–water partition coefficient (Wildman–Crippen LogP) is 1.69. The minimum absolute atomic E-state index is 0.0908. The van der Waals surface area contributed by atoms with Crippen molar-refractivity contribution in [2.24, 2.45) is 0 Å². The minimum atomic E-state index is -0.572. The first-order valence-corrected chi connectivity index (χ1v) is 4.94. The Morgan fingerprint density at radius 3 is 2.65 bits per heavy atom. The molecule has 2 rings (SSSR count). The molecule has 1 heterocycles. The third kappa shape index (κ3) is 2.41. The van der Waals surface area contributed by atoms with Crippen molar-refractivity contribution in [2.45, 2.75) is 6.92 Å². The second-order valence-electron chi connectivity index (χ2n) is 3.40. The van der Waals surface area contributed by atoms with E-state index >= 15 is 0 Å². The smallest absolute Gasteiger partial charge is 0.361 e. The van der Waals surface area contributed by atoms with Gasteiger partial charge in [0.05, 0.1) is 7.11 Å². The summed E-state index contributed by atoms with van der Waals surface area (Å²) >= 11 is 0. The van der Waals surface area contributed by atoms with Crippen LogP contribution in [0.4, 0.5) is 0 Å². The molecule has 0 aliphatic carbocycles. The topological polar surface area (TPSA) is 77.1 Å². The molecular formula is C11H11N3O3. The first-order valence-electron chi connectivity index (χ1n) is 4.94. The third-order valence-corrected chi connectivity index (χ3v) is 2.14. The van der Waals surface area contributed by atoms with Crippen molar-refractivity contribution in [2.75, 3.05) is 7.11 Å². The van der Waals surface area contributed by atoms with E-state index in [1.54, 1.807) is 12.1 Å². The van der Waals surface area contributed by atoms with Gasteiger partial charge in [-0.3, -0.25) is 0 Å². The number of carbonyl (C=O) groups excluding carboxylic acids is 1. The molecular weight excluding hydrogens is 222 g/mol. The van der Waals surface area contributed by atoms with Gasteiger partial charge in [-0.15, -0.1) is 0 Å². The zero-order valence-corrected chi connectivity index (χ0v) is 9.43. The van der Waals surface area contributed by atoms with Crippen molar-refractivity contribution < 1.29 is 14.3 Å². The van der Waals surface area contributed by atoms with Crippen molar-refractivity contribution in [3.8, 4) is 11.6 Å². The van der Waals surface area contributed by atoms with Gasteiger partial charge in [0.15, 0.2) is 0 Å². The number of esters is 1. The van der Waals surface area contributed by atoms with Crippen LogP contribution >= 0.6 is 0 Å². The van der Waals surface area contributed by atoms with E-state index in [0.29, 0.717) is 5.75 Å². The Balaban J connectivity index is 2.21. The van der Waals surface area contributed by atoms with E-state index < -0.39 is 5.97 Å². The molecule has 0 unspecified atom stereocenters. The summed E-state index contributed by atoms with van der Waals surface area (Å²) in [7, 11) is 1.28. The summed E-state index contributed by atoms with van der Waals surface area (Å²) in [6, 6.07) is 7.36. The number of H-pyrrole nitrogens is 1. The van der Waals surface area contributed by atoms with E-state index in [-0.39, 0.29) is 11.6 Å². The fourth-order valence-electron chi connectivity index (χ4n) is 1.24. The van der Waals surface area contributed by atoms with Gasteiger partial charge < -0.3 is 9.47 Å². The number of carbonyl (C=O) groups is 1. The lowest BCUT2D eigenvalue weighted by Gasteiger charge is -2.03. The van der Waals surface area contributed by atoms with Crippen LogP contribution in [-0.4, -0.2) is 28.5 Å². The molecule has 0 saturated carbocycles. The standard InChI is InChI=1S/C11H11N3O3/c1-7-3-5-8(6-4-7)17-10-9(11(15)16-2)12-14-13-10/h3-6H,1-2H3,(H,12,13,14). The van der Waals surface area contributed by atoms with E-state index in [1.807, 2.05) is 19.1 Å².